The van der Waals surface area contributed by atoms with E-state index in [1.807, 2.05) is 6.92 Å². The molecule has 1 aromatic carbocycles. The van der Waals surface area contributed by atoms with Crippen LogP contribution >= 0.6 is 0 Å². The quantitative estimate of drug-likeness (QED) is 0.553. The number of aryl methyl sites for hydroxylation is 1. The summed E-state index contributed by atoms with van der Waals surface area (Å²) >= 11 is 0. The number of sulfonamides is 1. The van der Waals surface area contributed by atoms with Gasteiger partial charge < -0.3 is 9.47 Å². The summed E-state index contributed by atoms with van der Waals surface area (Å²) in [5.41, 5.74) is 0.956. The second-order valence-corrected chi connectivity index (χ2v) is 8.12. The van der Waals surface area contributed by atoms with Crippen LogP contribution in [-0.4, -0.2) is 39.7 Å². The number of carbonyl (C=O) groups is 1. The molecule has 0 bridgehead atoms. The Bertz CT molecular complexity index is 714. The van der Waals surface area contributed by atoms with Crippen molar-refractivity contribution >= 4 is 16.0 Å². The minimum absolute atomic E-state index is 0.120. The molecule has 6 nitrogen and oxygen atoms in total. The Labute approximate surface area is 155 Å². The van der Waals surface area contributed by atoms with Gasteiger partial charge in [0.2, 0.25) is 10.0 Å². The van der Waals surface area contributed by atoms with Gasteiger partial charge in [0, 0.05) is 12.5 Å². The van der Waals surface area contributed by atoms with Crippen LogP contribution in [0.15, 0.2) is 41.8 Å². The van der Waals surface area contributed by atoms with Crippen molar-refractivity contribution in [1.82, 2.24) is 4.72 Å². The fourth-order valence-corrected chi connectivity index (χ4v) is 4.38. The molecule has 0 radical (unpaired) electrons. The number of ether oxygens (including phenoxy) is 2. The molecule has 1 aliphatic heterocycles. The van der Waals surface area contributed by atoms with Gasteiger partial charge in [0.05, 0.1) is 17.6 Å². The van der Waals surface area contributed by atoms with Crippen LogP contribution in [-0.2, 0) is 24.3 Å². The zero-order valence-corrected chi connectivity index (χ0v) is 16.1. The predicted molar refractivity (Wildman–Crippen MR) is 99.2 cm³/mol. The molecule has 7 heteroatoms. The first kappa shape index (κ1) is 20.6. The molecular formula is C19H27NO5S. The number of hydrogen-bond acceptors (Lipinski definition) is 5. The summed E-state index contributed by atoms with van der Waals surface area (Å²) < 4.78 is 39.0. The van der Waals surface area contributed by atoms with Gasteiger partial charge >= 0.3 is 5.97 Å². The monoisotopic (exact) mass is 381 g/mol. The molecular weight excluding hydrogens is 354 g/mol. The maximum Gasteiger partial charge on any atom is 0.324 e. The lowest BCUT2D eigenvalue weighted by molar-refractivity contribution is -0.150. The van der Waals surface area contributed by atoms with Crippen LogP contribution in [0, 0.1) is 12.8 Å². The molecule has 2 rings (SSSR count). The molecule has 0 spiro atoms. The average molecular weight is 381 g/mol. The van der Waals surface area contributed by atoms with Gasteiger partial charge in [0.1, 0.15) is 6.04 Å². The molecule has 26 heavy (non-hydrogen) atoms. The van der Waals surface area contributed by atoms with E-state index < -0.39 is 22.0 Å². The van der Waals surface area contributed by atoms with Crippen molar-refractivity contribution in [2.45, 2.75) is 50.2 Å². The molecule has 1 aromatic rings. The van der Waals surface area contributed by atoms with Crippen molar-refractivity contribution in [2.75, 3.05) is 13.2 Å². The average Bonchev–Trinajstić information content (AvgIpc) is 2.61. The molecule has 3 atom stereocenters. The van der Waals surface area contributed by atoms with Gasteiger partial charge in [-0.2, -0.15) is 4.72 Å². The second kappa shape index (κ2) is 9.30. The summed E-state index contributed by atoms with van der Waals surface area (Å²) in [5.74, 6) is -0.881. The van der Waals surface area contributed by atoms with Crippen LogP contribution in [0.5, 0.6) is 0 Å². The van der Waals surface area contributed by atoms with E-state index in [2.05, 4.69) is 11.3 Å². The Morgan fingerprint density at radius 2 is 2.12 bits per heavy atom. The molecule has 1 N–H and O–H groups in total. The molecule has 1 fully saturated rings. The number of rotatable bonds is 8. The molecule has 0 saturated carbocycles. The van der Waals surface area contributed by atoms with Crippen molar-refractivity contribution < 1.29 is 22.7 Å². The Balaban J connectivity index is 2.30. The van der Waals surface area contributed by atoms with E-state index >= 15 is 0 Å². The van der Waals surface area contributed by atoms with Crippen LogP contribution in [0.25, 0.3) is 0 Å². The Hall–Kier alpha value is -1.70. The highest BCUT2D eigenvalue weighted by molar-refractivity contribution is 7.89. The second-order valence-electron chi connectivity index (χ2n) is 6.40. The maximum atomic E-state index is 12.8. The third-order valence-electron chi connectivity index (χ3n) is 4.47. The number of hydrogen-bond donors (Lipinski definition) is 1. The van der Waals surface area contributed by atoms with Gasteiger partial charge in [-0.25, -0.2) is 8.42 Å². The minimum atomic E-state index is -3.86. The summed E-state index contributed by atoms with van der Waals surface area (Å²) in [6, 6.07) is 5.50. The number of nitrogens with one attached hydrogen (secondary N) is 1. The molecule has 1 saturated heterocycles. The summed E-state index contributed by atoms with van der Waals surface area (Å²) in [6.45, 7) is 8.08. The zero-order chi connectivity index (χ0) is 19.2. The minimum Gasteiger partial charge on any atom is -0.465 e. The van der Waals surface area contributed by atoms with Gasteiger partial charge in [-0.05, 0) is 45.2 Å². The van der Waals surface area contributed by atoms with E-state index in [0.29, 0.717) is 19.4 Å². The fraction of sp³-hybridized carbons (Fsp3) is 0.526. The van der Waals surface area contributed by atoms with Gasteiger partial charge in [0.25, 0.3) is 0 Å². The summed E-state index contributed by atoms with van der Waals surface area (Å²) in [6.07, 6.45) is 3.45. The van der Waals surface area contributed by atoms with Crippen molar-refractivity contribution in [2.24, 2.45) is 5.92 Å². The molecule has 0 aliphatic carbocycles. The molecule has 0 amide bonds. The Morgan fingerprint density at radius 3 is 2.73 bits per heavy atom. The lowest BCUT2D eigenvalue weighted by atomic mass is 9.86. The largest absolute Gasteiger partial charge is 0.465 e. The van der Waals surface area contributed by atoms with E-state index in [9.17, 15) is 13.2 Å². The van der Waals surface area contributed by atoms with E-state index in [1.54, 1.807) is 25.1 Å². The lowest BCUT2D eigenvalue weighted by Crippen LogP contribution is -2.52. The predicted octanol–water partition coefficient (Wildman–Crippen LogP) is 2.58. The standard InChI is InChI=1S/C19H27NO5S/c1-4-7-17-16(8-6-13-25-17)18(19(21)24-5-2)20-26(22,23)15-11-9-14(3)10-12-15/h4,9-12,16-18,20H,1,5-8,13H2,2-3H3/t16-,17?,18?/m1/s1. The smallest absolute Gasteiger partial charge is 0.324 e. The third-order valence-corrected chi connectivity index (χ3v) is 5.93. The van der Waals surface area contributed by atoms with E-state index in [0.717, 1.165) is 12.0 Å². The highest BCUT2D eigenvalue weighted by Crippen LogP contribution is 2.28. The van der Waals surface area contributed by atoms with Crippen LogP contribution in [0.1, 0.15) is 31.7 Å². The molecule has 0 aromatic heterocycles. The Morgan fingerprint density at radius 1 is 1.42 bits per heavy atom. The van der Waals surface area contributed by atoms with Crippen LogP contribution in [0.2, 0.25) is 0 Å². The summed E-state index contributed by atoms with van der Waals surface area (Å²) in [5, 5.41) is 0. The highest BCUT2D eigenvalue weighted by Gasteiger charge is 2.39. The summed E-state index contributed by atoms with van der Waals surface area (Å²) in [4.78, 5) is 12.6. The van der Waals surface area contributed by atoms with E-state index in [-0.39, 0.29) is 23.5 Å². The van der Waals surface area contributed by atoms with Crippen molar-refractivity contribution in [1.29, 1.82) is 0 Å². The van der Waals surface area contributed by atoms with Gasteiger partial charge in [-0.15, -0.1) is 6.58 Å². The van der Waals surface area contributed by atoms with Gasteiger partial charge in [-0.3, -0.25) is 4.79 Å². The van der Waals surface area contributed by atoms with Crippen LogP contribution in [0.4, 0.5) is 0 Å². The normalized spacial score (nSPS) is 21.8. The van der Waals surface area contributed by atoms with E-state index in [1.165, 1.54) is 12.1 Å². The Kier molecular flexibility index (Phi) is 7.37. The molecule has 1 aliphatic rings. The van der Waals surface area contributed by atoms with Crippen molar-refractivity contribution in [3.63, 3.8) is 0 Å². The van der Waals surface area contributed by atoms with Gasteiger partial charge in [-0.1, -0.05) is 23.8 Å². The topological polar surface area (TPSA) is 81.7 Å². The summed E-state index contributed by atoms with van der Waals surface area (Å²) in [7, 11) is -3.86. The van der Waals surface area contributed by atoms with E-state index in [4.69, 9.17) is 9.47 Å². The molecule has 2 unspecified atom stereocenters. The third kappa shape index (κ3) is 5.16. The number of benzene rings is 1. The maximum absolute atomic E-state index is 12.8. The lowest BCUT2D eigenvalue weighted by Gasteiger charge is -2.35. The number of carbonyl (C=O) groups excluding carboxylic acids is 1. The number of esters is 1. The SMILES string of the molecule is C=CCC1OCCC[C@H]1C(NS(=O)(=O)c1ccc(C)cc1)C(=O)OCC. The molecule has 144 valence electrons. The van der Waals surface area contributed by atoms with Crippen molar-refractivity contribution in [3.05, 3.63) is 42.5 Å². The first-order chi connectivity index (χ1) is 12.4. The first-order valence-electron chi connectivity index (χ1n) is 8.87. The van der Waals surface area contributed by atoms with Crippen LogP contribution < -0.4 is 4.72 Å². The first-order valence-corrected chi connectivity index (χ1v) is 10.4. The highest BCUT2D eigenvalue weighted by atomic mass is 32.2. The van der Waals surface area contributed by atoms with Crippen LogP contribution in [0.3, 0.4) is 0 Å². The van der Waals surface area contributed by atoms with Crippen molar-refractivity contribution in [3.8, 4) is 0 Å². The fourth-order valence-electron chi connectivity index (χ4n) is 3.15. The zero-order valence-electron chi connectivity index (χ0n) is 15.3. The van der Waals surface area contributed by atoms with Gasteiger partial charge in [0.15, 0.2) is 0 Å². The molecule has 1 heterocycles.